The molecule has 0 radical (unpaired) electrons. The van der Waals surface area contributed by atoms with Gasteiger partial charge in [-0.05, 0) is 61.9 Å². The molecule has 3 aromatic carbocycles. The van der Waals surface area contributed by atoms with Crippen molar-refractivity contribution in [3.8, 4) is 0 Å². The predicted octanol–water partition coefficient (Wildman–Crippen LogP) is 5.64. The lowest BCUT2D eigenvalue weighted by molar-refractivity contribution is -0.140. The Kier molecular flexibility index (Phi) is 11.1. The number of nitrogens with zero attached hydrogens (tertiary/aromatic N) is 2. The van der Waals surface area contributed by atoms with Crippen LogP contribution in [0.5, 0.6) is 0 Å². The molecule has 41 heavy (non-hydrogen) atoms. The van der Waals surface area contributed by atoms with Gasteiger partial charge in [-0.25, -0.2) is 8.42 Å². The van der Waals surface area contributed by atoms with E-state index in [9.17, 15) is 18.0 Å². The van der Waals surface area contributed by atoms with Crippen molar-refractivity contribution >= 4 is 27.5 Å². The van der Waals surface area contributed by atoms with E-state index in [4.69, 9.17) is 0 Å². The zero-order valence-corrected chi connectivity index (χ0v) is 25.9. The highest BCUT2D eigenvalue weighted by Gasteiger charge is 2.34. The number of sulfonamides is 1. The number of benzene rings is 3. The second kappa shape index (κ2) is 14.3. The maximum atomic E-state index is 14.2. The third-order valence-corrected chi connectivity index (χ3v) is 8.81. The number of hydrogen-bond donors (Lipinski definition) is 1. The molecule has 0 spiro atoms. The molecule has 0 aliphatic carbocycles. The molecular formula is C33H43N3O4S. The number of para-hydroxylation sites is 1. The van der Waals surface area contributed by atoms with Crippen LogP contribution in [0.15, 0.2) is 77.7 Å². The van der Waals surface area contributed by atoms with Crippen LogP contribution in [0, 0.1) is 19.8 Å². The fourth-order valence-corrected chi connectivity index (χ4v) is 6.21. The molecule has 0 heterocycles. The number of aryl methyl sites for hydroxylation is 3. The Balaban J connectivity index is 2.08. The summed E-state index contributed by atoms with van der Waals surface area (Å²) in [5.74, 6) is -0.443. The number of nitrogens with one attached hydrogen (secondary N) is 1. The summed E-state index contributed by atoms with van der Waals surface area (Å²) in [5, 5.41) is 2.97. The minimum atomic E-state index is -4.10. The lowest BCUT2D eigenvalue weighted by Gasteiger charge is -2.34. The summed E-state index contributed by atoms with van der Waals surface area (Å²) in [4.78, 5) is 29.2. The zero-order valence-electron chi connectivity index (χ0n) is 25.1. The van der Waals surface area contributed by atoms with Gasteiger partial charge < -0.3 is 10.2 Å². The Hall–Kier alpha value is -3.65. The van der Waals surface area contributed by atoms with Gasteiger partial charge in [0.15, 0.2) is 0 Å². The zero-order chi connectivity index (χ0) is 30.2. The van der Waals surface area contributed by atoms with Gasteiger partial charge in [-0.15, -0.1) is 0 Å². The Morgan fingerprint density at radius 1 is 0.878 bits per heavy atom. The molecule has 3 rings (SSSR count). The minimum Gasteiger partial charge on any atom is -0.354 e. The van der Waals surface area contributed by atoms with Gasteiger partial charge in [0.05, 0.1) is 10.6 Å². The number of amides is 2. The van der Waals surface area contributed by atoms with Gasteiger partial charge in [0, 0.05) is 13.1 Å². The molecule has 220 valence electrons. The highest BCUT2D eigenvalue weighted by Crippen LogP contribution is 2.28. The van der Waals surface area contributed by atoms with Crippen LogP contribution in [0.3, 0.4) is 0 Å². The van der Waals surface area contributed by atoms with Crippen molar-refractivity contribution in [3.63, 3.8) is 0 Å². The predicted molar refractivity (Wildman–Crippen MR) is 165 cm³/mol. The van der Waals surface area contributed by atoms with E-state index in [0.717, 1.165) is 22.3 Å². The average Bonchev–Trinajstić information content (AvgIpc) is 2.94. The first kappa shape index (κ1) is 31.9. The maximum absolute atomic E-state index is 14.2. The molecule has 0 aliphatic rings. The summed E-state index contributed by atoms with van der Waals surface area (Å²) in [6.07, 6.45) is 0.976. The third kappa shape index (κ3) is 8.19. The highest BCUT2D eigenvalue weighted by molar-refractivity contribution is 7.92. The standard InChI is InChI=1S/C33H43N3O4S/c1-7-28-14-9-10-15-31(28)36(41(39,40)29-18-16-25(5)17-19-29)23-32(37)35(22-27-13-11-12-26(6)20-27)30(8-2)33(38)34-21-24(3)4/h9-20,24,30H,7-8,21-23H2,1-6H3,(H,34,38). The van der Waals surface area contributed by atoms with E-state index in [1.807, 2.05) is 77.9 Å². The van der Waals surface area contributed by atoms with Crippen molar-refractivity contribution < 1.29 is 18.0 Å². The minimum absolute atomic E-state index is 0.105. The fourth-order valence-electron chi connectivity index (χ4n) is 4.75. The quantitative estimate of drug-likeness (QED) is 0.285. The first-order valence-electron chi connectivity index (χ1n) is 14.3. The van der Waals surface area contributed by atoms with E-state index in [-0.39, 0.29) is 23.3 Å². The second-order valence-corrected chi connectivity index (χ2v) is 12.7. The van der Waals surface area contributed by atoms with Crippen molar-refractivity contribution in [2.75, 3.05) is 17.4 Å². The van der Waals surface area contributed by atoms with Gasteiger partial charge >= 0.3 is 0 Å². The monoisotopic (exact) mass is 577 g/mol. The average molecular weight is 578 g/mol. The summed E-state index contributed by atoms with van der Waals surface area (Å²) in [6.45, 7) is 11.9. The van der Waals surface area contributed by atoms with E-state index in [1.165, 1.54) is 9.21 Å². The Labute approximate surface area is 245 Å². The van der Waals surface area contributed by atoms with Crippen molar-refractivity contribution in [2.45, 2.75) is 71.9 Å². The van der Waals surface area contributed by atoms with Gasteiger partial charge in [0.1, 0.15) is 12.6 Å². The molecule has 0 bridgehead atoms. The molecule has 0 aromatic heterocycles. The van der Waals surface area contributed by atoms with Crippen LogP contribution < -0.4 is 9.62 Å². The van der Waals surface area contributed by atoms with Gasteiger partial charge in [-0.2, -0.15) is 0 Å². The lowest BCUT2D eigenvalue weighted by Crippen LogP contribution is -2.52. The maximum Gasteiger partial charge on any atom is 0.264 e. The van der Waals surface area contributed by atoms with Crippen LogP contribution >= 0.6 is 0 Å². The smallest absolute Gasteiger partial charge is 0.264 e. The fraction of sp³-hybridized carbons (Fsp3) is 0.394. The number of carbonyl (C=O) groups is 2. The van der Waals surface area contributed by atoms with E-state index >= 15 is 0 Å². The van der Waals surface area contributed by atoms with Crippen molar-refractivity contribution in [1.29, 1.82) is 0 Å². The Bertz CT molecular complexity index is 1430. The number of anilines is 1. The summed E-state index contributed by atoms with van der Waals surface area (Å²) < 4.78 is 29.4. The molecule has 7 nitrogen and oxygen atoms in total. The van der Waals surface area contributed by atoms with Gasteiger partial charge in [-0.1, -0.05) is 93.4 Å². The molecule has 1 atom stereocenters. The third-order valence-electron chi connectivity index (χ3n) is 7.03. The van der Waals surface area contributed by atoms with E-state index in [0.29, 0.717) is 25.1 Å². The SMILES string of the molecule is CCc1ccccc1N(CC(=O)N(Cc1cccc(C)c1)C(CC)C(=O)NCC(C)C)S(=O)(=O)c1ccc(C)cc1. The molecule has 0 saturated carbocycles. The largest absolute Gasteiger partial charge is 0.354 e. The lowest BCUT2D eigenvalue weighted by atomic mass is 10.1. The Morgan fingerprint density at radius 2 is 1.56 bits per heavy atom. The van der Waals surface area contributed by atoms with Crippen LogP contribution in [0.25, 0.3) is 0 Å². The van der Waals surface area contributed by atoms with Gasteiger partial charge in [-0.3, -0.25) is 13.9 Å². The van der Waals surface area contributed by atoms with Crippen LogP contribution in [0.1, 0.15) is 56.4 Å². The first-order chi connectivity index (χ1) is 19.5. The molecule has 0 saturated heterocycles. The van der Waals surface area contributed by atoms with Crippen LogP contribution in [0.4, 0.5) is 5.69 Å². The van der Waals surface area contributed by atoms with Crippen molar-refractivity contribution in [3.05, 3.63) is 95.1 Å². The summed E-state index contributed by atoms with van der Waals surface area (Å²) in [5.41, 5.74) is 4.10. The van der Waals surface area contributed by atoms with E-state index in [1.54, 1.807) is 36.4 Å². The van der Waals surface area contributed by atoms with E-state index < -0.39 is 28.5 Å². The Morgan fingerprint density at radius 3 is 2.17 bits per heavy atom. The van der Waals surface area contributed by atoms with Crippen LogP contribution in [-0.2, 0) is 32.6 Å². The van der Waals surface area contributed by atoms with E-state index in [2.05, 4.69) is 5.32 Å². The number of hydrogen-bond acceptors (Lipinski definition) is 4. The molecule has 3 aromatic rings. The summed E-state index contributed by atoms with van der Waals surface area (Å²) in [7, 11) is -4.10. The van der Waals surface area contributed by atoms with Gasteiger partial charge in [0.25, 0.3) is 10.0 Å². The number of carbonyl (C=O) groups excluding carboxylic acids is 2. The molecular weight excluding hydrogens is 534 g/mol. The molecule has 8 heteroatoms. The van der Waals surface area contributed by atoms with Crippen molar-refractivity contribution in [1.82, 2.24) is 10.2 Å². The molecule has 0 fully saturated rings. The normalized spacial score (nSPS) is 12.2. The topological polar surface area (TPSA) is 86.8 Å². The summed E-state index contributed by atoms with van der Waals surface area (Å²) in [6, 6.07) is 20.9. The molecule has 1 unspecified atom stereocenters. The number of rotatable bonds is 13. The first-order valence-corrected chi connectivity index (χ1v) is 15.7. The van der Waals surface area contributed by atoms with Crippen molar-refractivity contribution in [2.24, 2.45) is 5.92 Å². The van der Waals surface area contributed by atoms with Gasteiger partial charge in [0.2, 0.25) is 11.8 Å². The summed E-state index contributed by atoms with van der Waals surface area (Å²) >= 11 is 0. The molecule has 0 aliphatic heterocycles. The van der Waals surface area contributed by atoms with Crippen LogP contribution in [-0.4, -0.2) is 44.3 Å². The highest BCUT2D eigenvalue weighted by atomic mass is 32.2. The molecule has 2 amide bonds. The second-order valence-electron chi connectivity index (χ2n) is 10.9. The molecule has 1 N–H and O–H groups in total. The van der Waals surface area contributed by atoms with Crippen LogP contribution in [0.2, 0.25) is 0 Å².